The number of hydrogen-bond acceptors (Lipinski definition) is 5. The van der Waals surface area contributed by atoms with Crippen molar-refractivity contribution in [1.82, 2.24) is 25.5 Å². The number of hydrogen-bond donors (Lipinski definition) is 3. The molecule has 1 aromatic rings. The Balaban J connectivity index is 1.56. The molecule has 4 unspecified atom stereocenters. The van der Waals surface area contributed by atoms with E-state index in [1.54, 1.807) is 0 Å². The first kappa shape index (κ1) is 16.1. The van der Waals surface area contributed by atoms with Gasteiger partial charge in [-0.1, -0.05) is 6.92 Å². The van der Waals surface area contributed by atoms with Gasteiger partial charge in [-0.25, -0.2) is 5.43 Å². The summed E-state index contributed by atoms with van der Waals surface area (Å²) in [4.78, 5) is 14.6. The van der Waals surface area contributed by atoms with Gasteiger partial charge in [0.2, 0.25) is 5.91 Å². The molecule has 1 saturated carbocycles. The second-order valence-corrected chi connectivity index (χ2v) is 7.39. The number of rotatable bonds is 3. The topological polar surface area (TPSA) is 88.2 Å². The molecule has 1 amide bonds. The highest BCUT2D eigenvalue weighted by Crippen LogP contribution is 2.43. The maximum Gasteiger partial charge on any atom is 0.237 e. The zero-order chi connectivity index (χ0) is 16.7. The van der Waals surface area contributed by atoms with Crippen LogP contribution in [0, 0.1) is 11.8 Å². The Kier molecular flexibility index (Phi) is 4.32. The minimum absolute atomic E-state index is 0.106. The van der Waals surface area contributed by atoms with E-state index in [-0.39, 0.29) is 17.9 Å². The summed E-state index contributed by atoms with van der Waals surface area (Å²) in [5.74, 6) is 1.06. The summed E-state index contributed by atoms with van der Waals surface area (Å²) in [6.07, 6.45) is 5.11. The van der Waals surface area contributed by atoms with E-state index in [0.717, 1.165) is 45.4 Å². The van der Waals surface area contributed by atoms with Crippen LogP contribution in [0.3, 0.4) is 0 Å². The zero-order valence-electron chi connectivity index (χ0n) is 14.4. The van der Waals surface area contributed by atoms with Crippen LogP contribution in [0.4, 0.5) is 0 Å². The van der Waals surface area contributed by atoms with Crippen molar-refractivity contribution in [2.45, 2.75) is 51.2 Å². The lowest BCUT2D eigenvalue weighted by molar-refractivity contribution is -0.133. The first-order valence-corrected chi connectivity index (χ1v) is 9.23. The number of carbonyl (C=O) groups is 1. The molecule has 4 atom stereocenters. The average molecular weight is 332 g/mol. The van der Waals surface area contributed by atoms with Gasteiger partial charge in [-0.05, 0) is 43.2 Å². The Bertz CT molecular complexity index is 614. The number of likely N-dealkylation sites (N-methyl/N-ethyl adjacent to an activating group) is 1. The highest BCUT2D eigenvalue weighted by molar-refractivity contribution is 5.79. The number of nitrogens with two attached hydrogens (primary N) is 1. The smallest absolute Gasteiger partial charge is 0.237 e. The number of carbonyl (C=O) groups excluding carboxylic acids is 1. The minimum Gasteiger partial charge on any atom is -0.329 e. The number of aromatic nitrogens is 2. The Morgan fingerprint density at radius 1 is 1.38 bits per heavy atom. The maximum absolute atomic E-state index is 12.2. The summed E-state index contributed by atoms with van der Waals surface area (Å²) < 4.78 is 2.18. The number of amides is 1. The van der Waals surface area contributed by atoms with Gasteiger partial charge in [0.1, 0.15) is 0 Å². The van der Waals surface area contributed by atoms with Crippen molar-refractivity contribution in [3.63, 3.8) is 0 Å². The van der Waals surface area contributed by atoms with E-state index in [9.17, 15) is 4.79 Å². The van der Waals surface area contributed by atoms with Crippen molar-refractivity contribution in [3.8, 4) is 0 Å². The van der Waals surface area contributed by atoms with Crippen LogP contribution in [0.15, 0.2) is 6.20 Å². The van der Waals surface area contributed by atoms with E-state index >= 15 is 0 Å². The standard InChI is InChI=1S/C17H28N6O/c1-2-22-5-6-23-16(10-22)14(9-19-23)11-3-4-12-13(7-11)15(8-18)20-21-17(12)24/h9,11-13,15,20H,2-8,10,18H2,1H3,(H,21,24). The van der Waals surface area contributed by atoms with E-state index in [1.807, 2.05) is 0 Å². The quantitative estimate of drug-likeness (QED) is 0.735. The number of nitrogens with one attached hydrogen (secondary N) is 2. The molecular formula is C17H28N6O. The second-order valence-electron chi connectivity index (χ2n) is 7.39. The van der Waals surface area contributed by atoms with Crippen LogP contribution in [-0.4, -0.2) is 46.3 Å². The van der Waals surface area contributed by atoms with Crippen LogP contribution >= 0.6 is 0 Å². The van der Waals surface area contributed by atoms with E-state index < -0.39 is 0 Å². The molecule has 1 aromatic heterocycles. The van der Waals surface area contributed by atoms with Gasteiger partial charge in [0.15, 0.2) is 0 Å². The van der Waals surface area contributed by atoms with E-state index in [1.165, 1.54) is 11.3 Å². The highest BCUT2D eigenvalue weighted by Gasteiger charge is 2.43. The third-order valence-electron chi connectivity index (χ3n) is 6.26. The minimum atomic E-state index is 0.106. The fourth-order valence-electron chi connectivity index (χ4n) is 4.78. The van der Waals surface area contributed by atoms with Gasteiger partial charge >= 0.3 is 0 Å². The van der Waals surface area contributed by atoms with Gasteiger partial charge in [-0.15, -0.1) is 0 Å². The first-order valence-electron chi connectivity index (χ1n) is 9.23. The summed E-state index contributed by atoms with van der Waals surface area (Å²) in [6, 6.07) is 0.175. The molecule has 0 spiro atoms. The third kappa shape index (κ3) is 2.64. The molecule has 4 N–H and O–H groups in total. The SMILES string of the molecule is CCN1CCn2ncc(C3CCC4C(=O)NNC(CN)C4C3)c2C1. The van der Waals surface area contributed by atoms with Crippen molar-refractivity contribution < 1.29 is 4.79 Å². The van der Waals surface area contributed by atoms with E-state index in [4.69, 9.17) is 5.73 Å². The van der Waals surface area contributed by atoms with E-state index in [0.29, 0.717) is 18.4 Å². The molecule has 7 heteroatoms. The number of nitrogens with zero attached hydrogens (tertiary/aromatic N) is 3. The van der Waals surface area contributed by atoms with Gasteiger partial charge in [0.05, 0.1) is 18.4 Å². The lowest BCUT2D eigenvalue weighted by atomic mass is 9.68. The Labute approximate surface area is 142 Å². The van der Waals surface area contributed by atoms with Crippen molar-refractivity contribution in [1.29, 1.82) is 0 Å². The van der Waals surface area contributed by atoms with Gasteiger partial charge in [-0.3, -0.25) is 19.8 Å². The molecule has 0 bridgehead atoms. The molecule has 4 rings (SSSR count). The van der Waals surface area contributed by atoms with Crippen molar-refractivity contribution in [2.75, 3.05) is 19.6 Å². The van der Waals surface area contributed by atoms with Gasteiger partial charge in [-0.2, -0.15) is 5.10 Å². The van der Waals surface area contributed by atoms with Crippen LogP contribution in [0.5, 0.6) is 0 Å². The van der Waals surface area contributed by atoms with Crippen LogP contribution in [-0.2, 0) is 17.9 Å². The highest BCUT2D eigenvalue weighted by atomic mass is 16.2. The average Bonchev–Trinajstić information content (AvgIpc) is 3.04. The predicted octanol–water partition coefficient (Wildman–Crippen LogP) is 0.180. The molecule has 7 nitrogen and oxygen atoms in total. The molecule has 3 heterocycles. The summed E-state index contributed by atoms with van der Waals surface area (Å²) in [5.41, 5.74) is 14.6. The molecule has 1 aliphatic carbocycles. The molecule has 0 aromatic carbocycles. The summed E-state index contributed by atoms with van der Waals surface area (Å²) in [5, 5.41) is 4.63. The summed E-state index contributed by atoms with van der Waals surface area (Å²) in [6.45, 7) is 6.92. The second kappa shape index (κ2) is 6.46. The normalized spacial score (nSPS) is 33.7. The maximum atomic E-state index is 12.2. The van der Waals surface area contributed by atoms with Crippen LogP contribution < -0.4 is 16.6 Å². The molecule has 0 radical (unpaired) electrons. The number of hydrazine groups is 1. The van der Waals surface area contributed by atoms with Crippen molar-refractivity contribution in [3.05, 3.63) is 17.5 Å². The molecule has 3 aliphatic rings. The van der Waals surface area contributed by atoms with Gasteiger partial charge < -0.3 is 5.73 Å². The lowest BCUT2D eigenvalue weighted by Gasteiger charge is -2.43. The Hall–Kier alpha value is -1.44. The van der Waals surface area contributed by atoms with E-state index in [2.05, 4.69) is 38.7 Å². The Morgan fingerprint density at radius 3 is 3.04 bits per heavy atom. The fourth-order valence-corrected chi connectivity index (χ4v) is 4.78. The largest absolute Gasteiger partial charge is 0.329 e. The molecular weight excluding hydrogens is 304 g/mol. The molecule has 1 saturated heterocycles. The van der Waals surface area contributed by atoms with Crippen molar-refractivity contribution in [2.24, 2.45) is 17.6 Å². The zero-order valence-corrected chi connectivity index (χ0v) is 14.4. The fraction of sp³-hybridized carbons (Fsp3) is 0.765. The third-order valence-corrected chi connectivity index (χ3v) is 6.26. The van der Waals surface area contributed by atoms with Crippen LogP contribution in [0.25, 0.3) is 0 Å². The summed E-state index contributed by atoms with van der Waals surface area (Å²) >= 11 is 0. The molecule has 2 aliphatic heterocycles. The van der Waals surface area contributed by atoms with Gasteiger partial charge in [0.25, 0.3) is 0 Å². The molecule has 24 heavy (non-hydrogen) atoms. The molecule has 2 fully saturated rings. The molecule has 132 valence electrons. The van der Waals surface area contributed by atoms with Gasteiger partial charge in [0, 0.05) is 31.6 Å². The first-order chi connectivity index (χ1) is 11.7. The number of fused-ring (bicyclic) bond motifs is 2. The van der Waals surface area contributed by atoms with Crippen molar-refractivity contribution >= 4 is 5.91 Å². The summed E-state index contributed by atoms with van der Waals surface area (Å²) in [7, 11) is 0. The Morgan fingerprint density at radius 2 is 2.25 bits per heavy atom. The lowest BCUT2D eigenvalue weighted by Crippen LogP contribution is -2.62. The predicted molar refractivity (Wildman–Crippen MR) is 90.9 cm³/mol. The van der Waals surface area contributed by atoms with Crippen LogP contribution in [0.2, 0.25) is 0 Å². The monoisotopic (exact) mass is 332 g/mol. The van der Waals surface area contributed by atoms with Crippen LogP contribution in [0.1, 0.15) is 43.4 Å².